The van der Waals surface area contributed by atoms with Gasteiger partial charge in [-0.3, -0.25) is 9.59 Å². The number of rotatable bonds is 5. The van der Waals surface area contributed by atoms with Crippen molar-refractivity contribution >= 4 is 11.9 Å². The zero-order chi connectivity index (χ0) is 13.9. The van der Waals surface area contributed by atoms with E-state index in [1.54, 1.807) is 20.8 Å². The number of aliphatic carboxylic acids is 1. The molecule has 0 rings (SSSR count). The Bertz CT molecular complexity index is 293. The van der Waals surface area contributed by atoms with Crippen LogP contribution in [0.5, 0.6) is 0 Å². The van der Waals surface area contributed by atoms with Gasteiger partial charge in [0.15, 0.2) is 0 Å². The summed E-state index contributed by atoms with van der Waals surface area (Å²) in [6.07, 6.45) is 0. The molecule has 0 aliphatic carbocycles. The minimum Gasteiger partial charge on any atom is -0.481 e. The summed E-state index contributed by atoms with van der Waals surface area (Å²) < 4.78 is 0. The van der Waals surface area contributed by atoms with Crippen LogP contribution in [0.25, 0.3) is 0 Å². The van der Waals surface area contributed by atoms with Crippen LogP contribution in [0.1, 0.15) is 41.5 Å². The molecule has 17 heavy (non-hydrogen) atoms. The van der Waals surface area contributed by atoms with Gasteiger partial charge in [-0.15, -0.1) is 0 Å². The molecule has 0 aliphatic heterocycles. The van der Waals surface area contributed by atoms with Crippen LogP contribution in [0.15, 0.2) is 0 Å². The van der Waals surface area contributed by atoms with Gasteiger partial charge < -0.3 is 15.7 Å². The molecule has 1 unspecified atom stereocenters. The van der Waals surface area contributed by atoms with E-state index in [9.17, 15) is 9.59 Å². The fourth-order valence-corrected chi connectivity index (χ4v) is 1.05. The van der Waals surface area contributed by atoms with Crippen LogP contribution >= 0.6 is 0 Å². The van der Waals surface area contributed by atoms with Gasteiger partial charge in [-0.25, -0.2) is 0 Å². The Balaban J connectivity index is 4.24. The van der Waals surface area contributed by atoms with Crippen LogP contribution in [-0.2, 0) is 9.59 Å². The zero-order valence-corrected chi connectivity index (χ0v) is 11.5. The zero-order valence-electron chi connectivity index (χ0n) is 11.5. The van der Waals surface area contributed by atoms with Gasteiger partial charge in [0.1, 0.15) is 0 Å². The summed E-state index contributed by atoms with van der Waals surface area (Å²) in [7, 11) is 0. The number of carboxylic acid groups (broad SMARTS) is 1. The van der Waals surface area contributed by atoms with Crippen molar-refractivity contribution in [2.24, 2.45) is 5.41 Å². The molecule has 0 spiro atoms. The third-order valence-corrected chi connectivity index (χ3v) is 2.32. The van der Waals surface area contributed by atoms with Crippen molar-refractivity contribution < 1.29 is 14.7 Å². The van der Waals surface area contributed by atoms with Crippen molar-refractivity contribution in [2.45, 2.75) is 53.1 Å². The molecule has 0 aromatic rings. The SMILES string of the molecule is CC(NCC(C)(C)C(=O)O)C(=O)NC(C)(C)C. The standard InChI is InChI=1S/C12H24N2O3/c1-8(9(15)14-11(2,3)4)13-7-12(5,6)10(16)17/h8,13H,7H2,1-6H3,(H,14,15)(H,16,17). The summed E-state index contributed by atoms with van der Waals surface area (Å²) >= 11 is 0. The first-order valence-electron chi connectivity index (χ1n) is 5.74. The second-order valence-corrected chi connectivity index (χ2v) is 6.03. The largest absolute Gasteiger partial charge is 0.481 e. The molecule has 0 aliphatic rings. The van der Waals surface area contributed by atoms with Crippen molar-refractivity contribution in [3.63, 3.8) is 0 Å². The summed E-state index contributed by atoms with van der Waals surface area (Å²) in [6.45, 7) is 10.9. The molecule has 5 nitrogen and oxygen atoms in total. The monoisotopic (exact) mass is 244 g/mol. The van der Waals surface area contributed by atoms with Crippen molar-refractivity contribution in [2.75, 3.05) is 6.54 Å². The van der Waals surface area contributed by atoms with Gasteiger partial charge in [-0.05, 0) is 41.5 Å². The minimum absolute atomic E-state index is 0.126. The number of carbonyl (C=O) groups excluding carboxylic acids is 1. The Kier molecular flexibility index (Phi) is 5.13. The molecule has 0 radical (unpaired) electrons. The fourth-order valence-electron chi connectivity index (χ4n) is 1.05. The molecule has 3 N–H and O–H groups in total. The molecule has 0 heterocycles. The summed E-state index contributed by atoms with van der Waals surface area (Å²) in [5, 5.41) is 14.7. The number of nitrogens with one attached hydrogen (secondary N) is 2. The lowest BCUT2D eigenvalue weighted by Crippen LogP contribution is -2.51. The summed E-state index contributed by atoms with van der Waals surface area (Å²) in [5.41, 5.74) is -1.16. The lowest BCUT2D eigenvalue weighted by Gasteiger charge is -2.26. The number of carbonyl (C=O) groups is 2. The van der Waals surface area contributed by atoms with Gasteiger partial charge in [-0.2, -0.15) is 0 Å². The van der Waals surface area contributed by atoms with E-state index in [0.29, 0.717) is 0 Å². The van der Waals surface area contributed by atoms with Crippen LogP contribution in [0.3, 0.4) is 0 Å². The first kappa shape index (κ1) is 15.9. The predicted octanol–water partition coefficient (Wildman–Crippen LogP) is 0.990. The first-order chi connectivity index (χ1) is 7.46. The van der Waals surface area contributed by atoms with Gasteiger partial charge in [0, 0.05) is 12.1 Å². The third-order valence-electron chi connectivity index (χ3n) is 2.32. The topological polar surface area (TPSA) is 78.4 Å². The second-order valence-electron chi connectivity index (χ2n) is 6.03. The number of hydrogen-bond acceptors (Lipinski definition) is 3. The van der Waals surface area contributed by atoms with Gasteiger partial charge in [-0.1, -0.05) is 0 Å². The smallest absolute Gasteiger partial charge is 0.310 e. The van der Waals surface area contributed by atoms with Gasteiger partial charge in [0.2, 0.25) is 5.91 Å². The summed E-state index contributed by atoms with van der Waals surface area (Å²) in [6, 6.07) is -0.409. The summed E-state index contributed by atoms with van der Waals surface area (Å²) in [5.74, 6) is -1.01. The highest BCUT2D eigenvalue weighted by Crippen LogP contribution is 2.13. The quantitative estimate of drug-likeness (QED) is 0.674. The molecule has 0 bridgehead atoms. The number of carboxylic acids is 1. The molecular formula is C12H24N2O3. The molecule has 5 heteroatoms. The van der Waals surface area contributed by atoms with Crippen LogP contribution in [0.2, 0.25) is 0 Å². The summed E-state index contributed by atoms with van der Waals surface area (Å²) in [4.78, 5) is 22.6. The van der Waals surface area contributed by atoms with Crippen molar-refractivity contribution in [3.05, 3.63) is 0 Å². The number of hydrogen-bond donors (Lipinski definition) is 3. The van der Waals surface area contributed by atoms with Gasteiger partial charge in [0.25, 0.3) is 0 Å². The van der Waals surface area contributed by atoms with Crippen LogP contribution in [0, 0.1) is 5.41 Å². The fraction of sp³-hybridized carbons (Fsp3) is 0.833. The molecule has 1 atom stereocenters. The first-order valence-corrected chi connectivity index (χ1v) is 5.74. The average molecular weight is 244 g/mol. The molecule has 0 saturated carbocycles. The highest BCUT2D eigenvalue weighted by Gasteiger charge is 2.28. The molecule has 0 saturated heterocycles. The van der Waals surface area contributed by atoms with E-state index in [1.165, 1.54) is 0 Å². The predicted molar refractivity (Wildman–Crippen MR) is 66.8 cm³/mol. The van der Waals surface area contributed by atoms with E-state index in [1.807, 2.05) is 20.8 Å². The highest BCUT2D eigenvalue weighted by atomic mass is 16.4. The van der Waals surface area contributed by atoms with E-state index in [-0.39, 0.29) is 18.0 Å². The van der Waals surface area contributed by atoms with E-state index in [2.05, 4.69) is 10.6 Å². The van der Waals surface area contributed by atoms with E-state index < -0.39 is 17.4 Å². The Labute approximate surface area is 103 Å². The lowest BCUT2D eigenvalue weighted by molar-refractivity contribution is -0.147. The molecule has 0 fully saturated rings. The van der Waals surface area contributed by atoms with Crippen LogP contribution in [-0.4, -0.2) is 35.1 Å². The second kappa shape index (κ2) is 5.49. The van der Waals surface area contributed by atoms with E-state index >= 15 is 0 Å². The van der Waals surface area contributed by atoms with Crippen LogP contribution in [0.4, 0.5) is 0 Å². The van der Waals surface area contributed by atoms with Gasteiger partial charge in [0.05, 0.1) is 11.5 Å². The molecule has 1 amide bonds. The highest BCUT2D eigenvalue weighted by molar-refractivity contribution is 5.82. The van der Waals surface area contributed by atoms with Gasteiger partial charge >= 0.3 is 5.97 Å². The van der Waals surface area contributed by atoms with Crippen molar-refractivity contribution in [3.8, 4) is 0 Å². The maximum absolute atomic E-state index is 11.7. The lowest BCUT2D eigenvalue weighted by atomic mass is 9.93. The average Bonchev–Trinajstić information content (AvgIpc) is 2.11. The Morgan fingerprint density at radius 3 is 2.00 bits per heavy atom. The molecule has 100 valence electrons. The Hall–Kier alpha value is -1.10. The van der Waals surface area contributed by atoms with Crippen molar-refractivity contribution in [1.82, 2.24) is 10.6 Å². The van der Waals surface area contributed by atoms with Crippen LogP contribution < -0.4 is 10.6 Å². The minimum atomic E-state index is -0.881. The Morgan fingerprint density at radius 2 is 1.65 bits per heavy atom. The molecule has 0 aromatic heterocycles. The van der Waals surface area contributed by atoms with E-state index in [0.717, 1.165) is 0 Å². The van der Waals surface area contributed by atoms with Crippen molar-refractivity contribution in [1.29, 1.82) is 0 Å². The Morgan fingerprint density at radius 1 is 1.18 bits per heavy atom. The maximum Gasteiger partial charge on any atom is 0.310 e. The third kappa shape index (κ3) is 6.26. The maximum atomic E-state index is 11.7. The normalized spacial score (nSPS) is 14.2. The molecule has 0 aromatic carbocycles. The number of amides is 1. The van der Waals surface area contributed by atoms with E-state index in [4.69, 9.17) is 5.11 Å². The molecular weight excluding hydrogens is 220 g/mol.